The van der Waals surface area contributed by atoms with E-state index >= 15 is 0 Å². The van der Waals surface area contributed by atoms with Gasteiger partial charge in [-0.05, 0) is 33.8 Å². The van der Waals surface area contributed by atoms with Crippen LogP contribution in [-0.4, -0.2) is 5.97 Å². The third-order valence-electron chi connectivity index (χ3n) is 1.52. The molecule has 3 heteroatoms. The van der Waals surface area contributed by atoms with Gasteiger partial charge in [-0.1, -0.05) is 0 Å². The minimum absolute atomic E-state index is 0.262. The molecule has 0 saturated heterocycles. The molecule has 1 aromatic rings. The molecule has 72 valence electrons. The van der Waals surface area contributed by atoms with Gasteiger partial charge in [0.1, 0.15) is 5.76 Å². The molecule has 3 nitrogen and oxygen atoms in total. The quantitative estimate of drug-likeness (QED) is 0.626. The predicted molar refractivity (Wildman–Crippen MR) is 48.5 cm³/mol. The van der Waals surface area contributed by atoms with Crippen LogP contribution in [0.15, 0.2) is 16.5 Å². The summed E-state index contributed by atoms with van der Waals surface area (Å²) in [4.78, 5) is 11.4. The number of aryl methyl sites for hydroxylation is 1. The number of hydrogen-bond acceptors (Lipinski definition) is 3. The topological polar surface area (TPSA) is 39.4 Å². The molecular formula is C10H14O3. The highest BCUT2D eigenvalue weighted by Crippen LogP contribution is 2.20. The molecule has 1 rings (SSSR count). The zero-order valence-corrected chi connectivity index (χ0v) is 8.38. The Labute approximate surface area is 77.7 Å². The van der Waals surface area contributed by atoms with Crippen molar-refractivity contribution in [2.75, 3.05) is 0 Å². The molecule has 0 unspecified atom stereocenters. The lowest BCUT2D eigenvalue weighted by Crippen LogP contribution is -2.25. The largest absolute Gasteiger partial charge is 0.431 e. The monoisotopic (exact) mass is 182 g/mol. The zero-order chi connectivity index (χ0) is 10.1. The Balaban J connectivity index is 2.65. The Morgan fingerprint density at radius 1 is 1.38 bits per heavy atom. The molecule has 0 fully saturated rings. The maximum Gasteiger partial charge on any atom is 0.319 e. The number of hydrogen-bond donors (Lipinski definition) is 0. The Morgan fingerprint density at radius 2 is 2.00 bits per heavy atom. The lowest BCUT2D eigenvalue weighted by atomic mass is 9.97. The van der Waals surface area contributed by atoms with Crippen molar-refractivity contribution < 1.29 is 13.9 Å². The van der Waals surface area contributed by atoms with E-state index in [9.17, 15) is 4.79 Å². The summed E-state index contributed by atoms with van der Waals surface area (Å²) >= 11 is 0. The first-order chi connectivity index (χ1) is 5.89. The molecule has 0 aliphatic rings. The van der Waals surface area contributed by atoms with Crippen LogP contribution in [0.25, 0.3) is 0 Å². The van der Waals surface area contributed by atoms with Gasteiger partial charge in [0, 0.05) is 6.07 Å². The molecule has 0 amide bonds. The Morgan fingerprint density at radius 3 is 2.38 bits per heavy atom. The molecular weight excluding hydrogens is 168 g/mol. The Bertz CT molecular complexity index is 304. The van der Waals surface area contributed by atoms with Crippen molar-refractivity contribution in [3.05, 3.63) is 17.9 Å². The molecule has 0 spiro atoms. The van der Waals surface area contributed by atoms with Crippen molar-refractivity contribution in [2.24, 2.45) is 5.41 Å². The fraction of sp³-hybridized carbons (Fsp3) is 0.500. The predicted octanol–water partition coefficient (Wildman–Crippen LogP) is 2.54. The molecule has 13 heavy (non-hydrogen) atoms. The second kappa shape index (κ2) is 3.24. The summed E-state index contributed by atoms with van der Waals surface area (Å²) in [6, 6.07) is 3.39. The van der Waals surface area contributed by atoms with Gasteiger partial charge in [0.25, 0.3) is 5.95 Å². The van der Waals surface area contributed by atoms with Gasteiger partial charge in [0.05, 0.1) is 5.41 Å². The van der Waals surface area contributed by atoms with Gasteiger partial charge < -0.3 is 9.15 Å². The summed E-state index contributed by atoms with van der Waals surface area (Å²) in [6.07, 6.45) is 0. The average Bonchev–Trinajstić information content (AvgIpc) is 2.33. The smallest absolute Gasteiger partial charge is 0.319 e. The first-order valence-electron chi connectivity index (χ1n) is 4.18. The molecule has 0 saturated carbocycles. The first kappa shape index (κ1) is 9.84. The van der Waals surface area contributed by atoms with Gasteiger partial charge in [-0.3, -0.25) is 4.79 Å². The zero-order valence-electron chi connectivity index (χ0n) is 8.38. The van der Waals surface area contributed by atoms with E-state index in [-0.39, 0.29) is 11.9 Å². The number of furan rings is 1. The summed E-state index contributed by atoms with van der Waals surface area (Å²) in [5, 5.41) is 0. The number of esters is 1. The maximum atomic E-state index is 11.4. The summed E-state index contributed by atoms with van der Waals surface area (Å²) in [5.74, 6) is 0.705. The number of carbonyl (C=O) groups excluding carboxylic acids is 1. The average molecular weight is 182 g/mol. The van der Waals surface area contributed by atoms with Crippen molar-refractivity contribution in [1.82, 2.24) is 0 Å². The first-order valence-corrected chi connectivity index (χ1v) is 4.18. The molecule has 1 heterocycles. The summed E-state index contributed by atoms with van der Waals surface area (Å²) in [5.41, 5.74) is -0.499. The lowest BCUT2D eigenvalue weighted by molar-refractivity contribution is -0.144. The number of rotatable bonds is 1. The summed E-state index contributed by atoms with van der Waals surface area (Å²) in [6.45, 7) is 7.19. The summed E-state index contributed by atoms with van der Waals surface area (Å²) < 4.78 is 10.1. The number of carbonyl (C=O) groups is 1. The van der Waals surface area contributed by atoms with Crippen molar-refractivity contribution in [1.29, 1.82) is 0 Å². The minimum Gasteiger partial charge on any atom is -0.431 e. The van der Waals surface area contributed by atoms with E-state index in [1.54, 1.807) is 39.8 Å². The standard InChI is InChI=1S/C10H14O3/c1-7-5-6-8(12-7)13-9(11)10(2,3)4/h5-6H,1-4H3. The van der Waals surface area contributed by atoms with Crippen LogP contribution in [0.4, 0.5) is 0 Å². The molecule has 0 bridgehead atoms. The molecule has 0 aliphatic heterocycles. The Kier molecular flexibility index (Phi) is 2.45. The molecule has 1 aromatic heterocycles. The van der Waals surface area contributed by atoms with Crippen molar-refractivity contribution in [3.8, 4) is 5.95 Å². The van der Waals surface area contributed by atoms with Gasteiger partial charge in [0.15, 0.2) is 0 Å². The van der Waals surface area contributed by atoms with E-state index in [1.165, 1.54) is 0 Å². The molecule has 0 N–H and O–H groups in total. The molecule has 0 radical (unpaired) electrons. The van der Waals surface area contributed by atoms with Gasteiger partial charge in [0.2, 0.25) is 0 Å². The Hall–Kier alpha value is -1.25. The van der Waals surface area contributed by atoms with Crippen LogP contribution in [0, 0.1) is 12.3 Å². The van der Waals surface area contributed by atoms with E-state index < -0.39 is 5.41 Å². The van der Waals surface area contributed by atoms with E-state index in [1.807, 2.05) is 0 Å². The fourth-order valence-corrected chi connectivity index (χ4v) is 0.711. The molecule has 0 atom stereocenters. The maximum absolute atomic E-state index is 11.4. The fourth-order valence-electron chi connectivity index (χ4n) is 0.711. The second-order valence-corrected chi connectivity index (χ2v) is 4.00. The van der Waals surface area contributed by atoms with E-state index in [2.05, 4.69) is 0 Å². The van der Waals surface area contributed by atoms with Gasteiger partial charge in [-0.2, -0.15) is 0 Å². The van der Waals surface area contributed by atoms with Gasteiger partial charge in [-0.25, -0.2) is 0 Å². The van der Waals surface area contributed by atoms with Crippen LogP contribution in [0.2, 0.25) is 0 Å². The van der Waals surface area contributed by atoms with E-state index in [0.717, 1.165) is 5.76 Å². The molecule has 0 aliphatic carbocycles. The second-order valence-electron chi connectivity index (χ2n) is 4.00. The van der Waals surface area contributed by atoms with E-state index in [4.69, 9.17) is 9.15 Å². The van der Waals surface area contributed by atoms with Crippen LogP contribution in [0.5, 0.6) is 5.95 Å². The van der Waals surface area contributed by atoms with Crippen LogP contribution in [-0.2, 0) is 4.79 Å². The van der Waals surface area contributed by atoms with Crippen molar-refractivity contribution in [2.45, 2.75) is 27.7 Å². The highest BCUT2D eigenvalue weighted by molar-refractivity contribution is 5.77. The van der Waals surface area contributed by atoms with Crippen LogP contribution in [0.1, 0.15) is 26.5 Å². The van der Waals surface area contributed by atoms with Gasteiger partial charge in [-0.15, -0.1) is 0 Å². The highest BCUT2D eigenvalue weighted by atomic mass is 16.6. The SMILES string of the molecule is Cc1ccc(OC(=O)C(C)(C)C)o1. The highest BCUT2D eigenvalue weighted by Gasteiger charge is 2.24. The van der Waals surface area contributed by atoms with Crippen molar-refractivity contribution >= 4 is 5.97 Å². The molecule has 0 aromatic carbocycles. The van der Waals surface area contributed by atoms with E-state index in [0.29, 0.717) is 0 Å². The normalized spacial score (nSPS) is 11.4. The van der Waals surface area contributed by atoms with Crippen LogP contribution in [0.3, 0.4) is 0 Å². The van der Waals surface area contributed by atoms with Crippen molar-refractivity contribution in [3.63, 3.8) is 0 Å². The lowest BCUT2D eigenvalue weighted by Gasteiger charge is -2.14. The minimum atomic E-state index is -0.499. The number of ether oxygens (including phenoxy) is 1. The third-order valence-corrected chi connectivity index (χ3v) is 1.52. The summed E-state index contributed by atoms with van der Waals surface area (Å²) in [7, 11) is 0. The van der Waals surface area contributed by atoms with Gasteiger partial charge >= 0.3 is 5.97 Å². The third kappa shape index (κ3) is 2.61. The van der Waals surface area contributed by atoms with Crippen LogP contribution >= 0.6 is 0 Å². The van der Waals surface area contributed by atoms with Crippen LogP contribution < -0.4 is 4.74 Å².